The van der Waals surface area contributed by atoms with Gasteiger partial charge in [-0.1, -0.05) is 93.3 Å². The molecule has 4 aromatic carbocycles. The van der Waals surface area contributed by atoms with E-state index in [4.69, 9.17) is 0 Å². The van der Waals surface area contributed by atoms with Crippen molar-refractivity contribution in [2.75, 3.05) is 6.61 Å². The number of aryl methyl sites for hydroxylation is 1. The predicted octanol–water partition coefficient (Wildman–Crippen LogP) is 9.91. The minimum absolute atomic E-state index is 0.00982. The van der Waals surface area contributed by atoms with E-state index in [9.17, 15) is 22.0 Å². The summed E-state index contributed by atoms with van der Waals surface area (Å²) in [4.78, 5) is 0. The molecule has 0 saturated carbocycles. The standard InChI is InChI=1S/C31H29F5O/c1-2-3-4-5-6-7-21-8-10-22(11-9-21)23-12-14-24(15-13-23)25-16-17-27-26(18-25)19-28(32)30(29(27)33)37-20-31(34,35)36/h8-19H,2-7,20H2,1H3. The van der Waals surface area contributed by atoms with Crippen LogP contribution in [-0.4, -0.2) is 12.8 Å². The van der Waals surface area contributed by atoms with Crippen molar-refractivity contribution in [3.63, 3.8) is 0 Å². The van der Waals surface area contributed by atoms with Gasteiger partial charge in [-0.15, -0.1) is 0 Å². The first-order chi connectivity index (χ1) is 17.7. The summed E-state index contributed by atoms with van der Waals surface area (Å²) >= 11 is 0. The highest BCUT2D eigenvalue weighted by Gasteiger charge is 2.30. The van der Waals surface area contributed by atoms with E-state index in [1.54, 1.807) is 12.1 Å². The van der Waals surface area contributed by atoms with Crippen LogP contribution >= 0.6 is 0 Å². The van der Waals surface area contributed by atoms with Crippen molar-refractivity contribution in [1.82, 2.24) is 0 Å². The number of ether oxygens (including phenoxy) is 1. The topological polar surface area (TPSA) is 9.23 Å². The van der Waals surface area contributed by atoms with Crippen LogP contribution in [0.4, 0.5) is 22.0 Å². The molecular formula is C31H29F5O. The van der Waals surface area contributed by atoms with E-state index in [0.717, 1.165) is 34.7 Å². The molecule has 0 aromatic heterocycles. The zero-order valence-electron chi connectivity index (χ0n) is 20.7. The summed E-state index contributed by atoms with van der Waals surface area (Å²) in [5, 5.41) is 0.227. The number of fused-ring (bicyclic) bond motifs is 1. The van der Waals surface area contributed by atoms with E-state index in [2.05, 4.69) is 35.9 Å². The van der Waals surface area contributed by atoms with Gasteiger partial charge in [-0.3, -0.25) is 0 Å². The molecule has 0 aliphatic carbocycles. The van der Waals surface area contributed by atoms with Gasteiger partial charge in [-0.05, 0) is 58.2 Å². The van der Waals surface area contributed by atoms with Crippen LogP contribution in [0.2, 0.25) is 0 Å². The molecule has 0 aliphatic rings. The molecule has 1 nitrogen and oxygen atoms in total. The van der Waals surface area contributed by atoms with E-state index in [1.165, 1.54) is 43.7 Å². The fourth-order valence-electron chi connectivity index (χ4n) is 4.43. The molecule has 0 fully saturated rings. The highest BCUT2D eigenvalue weighted by Crippen LogP contribution is 2.34. The van der Waals surface area contributed by atoms with Gasteiger partial charge in [-0.2, -0.15) is 13.2 Å². The van der Waals surface area contributed by atoms with Gasteiger partial charge in [0.2, 0.25) is 0 Å². The average Bonchev–Trinajstić information content (AvgIpc) is 2.88. The maximum absolute atomic E-state index is 14.7. The third-order valence-corrected chi connectivity index (χ3v) is 6.44. The zero-order chi connectivity index (χ0) is 26.4. The van der Waals surface area contributed by atoms with Crippen LogP contribution in [-0.2, 0) is 6.42 Å². The van der Waals surface area contributed by atoms with Crippen molar-refractivity contribution in [3.05, 3.63) is 90.0 Å². The van der Waals surface area contributed by atoms with Crippen molar-refractivity contribution in [1.29, 1.82) is 0 Å². The van der Waals surface area contributed by atoms with Crippen LogP contribution < -0.4 is 4.74 Å². The largest absolute Gasteiger partial charge is 0.478 e. The number of alkyl halides is 3. The van der Waals surface area contributed by atoms with E-state index < -0.39 is 30.2 Å². The van der Waals surface area contributed by atoms with Crippen LogP contribution in [0.15, 0.2) is 72.8 Å². The van der Waals surface area contributed by atoms with Crippen LogP contribution in [0.1, 0.15) is 44.6 Å². The summed E-state index contributed by atoms with van der Waals surface area (Å²) in [6, 6.07) is 22.1. The Morgan fingerprint density at radius 1 is 0.676 bits per heavy atom. The highest BCUT2D eigenvalue weighted by molar-refractivity contribution is 5.89. The molecule has 0 radical (unpaired) electrons. The van der Waals surface area contributed by atoms with E-state index in [0.29, 0.717) is 0 Å². The molecule has 0 aliphatic heterocycles. The third-order valence-electron chi connectivity index (χ3n) is 6.44. The van der Waals surface area contributed by atoms with Crippen molar-refractivity contribution < 1.29 is 26.7 Å². The molecular weight excluding hydrogens is 483 g/mol. The van der Waals surface area contributed by atoms with Crippen molar-refractivity contribution >= 4 is 10.8 Å². The van der Waals surface area contributed by atoms with Crippen molar-refractivity contribution in [2.24, 2.45) is 0 Å². The lowest BCUT2D eigenvalue weighted by Gasteiger charge is -2.13. The first-order valence-electron chi connectivity index (χ1n) is 12.6. The molecule has 0 unspecified atom stereocenters. The number of unbranched alkanes of at least 4 members (excludes halogenated alkanes) is 4. The lowest BCUT2D eigenvalue weighted by Crippen LogP contribution is -2.20. The second kappa shape index (κ2) is 11.8. The van der Waals surface area contributed by atoms with Gasteiger partial charge in [0.1, 0.15) is 0 Å². The summed E-state index contributed by atoms with van der Waals surface area (Å²) < 4.78 is 70.7. The van der Waals surface area contributed by atoms with Gasteiger partial charge in [-0.25, -0.2) is 8.78 Å². The predicted molar refractivity (Wildman–Crippen MR) is 139 cm³/mol. The third kappa shape index (κ3) is 6.88. The summed E-state index contributed by atoms with van der Waals surface area (Å²) in [6.45, 7) is 0.451. The first-order valence-corrected chi connectivity index (χ1v) is 12.6. The molecule has 0 saturated heterocycles. The van der Waals surface area contributed by atoms with E-state index >= 15 is 0 Å². The maximum atomic E-state index is 14.7. The van der Waals surface area contributed by atoms with E-state index in [-0.39, 0.29) is 10.8 Å². The number of benzene rings is 4. The maximum Gasteiger partial charge on any atom is 0.422 e. The Balaban J connectivity index is 1.47. The highest BCUT2D eigenvalue weighted by atomic mass is 19.4. The smallest absolute Gasteiger partial charge is 0.422 e. The minimum atomic E-state index is -4.69. The van der Waals surface area contributed by atoms with Gasteiger partial charge in [0.05, 0.1) is 0 Å². The number of hydrogen-bond acceptors (Lipinski definition) is 1. The second-order valence-electron chi connectivity index (χ2n) is 9.28. The Bertz CT molecular complexity index is 1330. The SMILES string of the molecule is CCCCCCCc1ccc(-c2ccc(-c3ccc4c(F)c(OCC(F)(F)F)c(F)cc4c3)cc2)cc1. The monoisotopic (exact) mass is 512 g/mol. The normalized spacial score (nSPS) is 11.7. The molecule has 37 heavy (non-hydrogen) atoms. The average molecular weight is 513 g/mol. The van der Waals surface area contributed by atoms with Gasteiger partial charge in [0.25, 0.3) is 0 Å². The molecule has 0 atom stereocenters. The molecule has 0 heterocycles. The molecule has 4 aromatic rings. The second-order valence-corrected chi connectivity index (χ2v) is 9.28. The molecule has 0 spiro atoms. The van der Waals surface area contributed by atoms with Crippen LogP contribution in [0, 0.1) is 11.6 Å². The van der Waals surface area contributed by atoms with Crippen molar-refractivity contribution in [2.45, 2.75) is 51.6 Å². The molecule has 6 heteroatoms. The Labute approximate surface area is 213 Å². The lowest BCUT2D eigenvalue weighted by molar-refractivity contribution is -0.154. The Morgan fingerprint density at radius 3 is 1.86 bits per heavy atom. The molecule has 194 valence electrons. The summed E-state index contributed by atoms with van der Waals surface area (Å²) in [6.07, 6.45) is 2.69. The van der Waals surface area contributed by atoms with Crippen LogP contribution in [0.25, 0.3) is 33.0 Å². The van der Waals surface area contributed by atoms with Gasteiger partial charge >= 0.3 is 6.18 Å². The number of rotatable bonds is 10. The molecule has 0 amide bonds. The Hall–Kier alpha value is -3.41. The molecule has 4 rings (SSSR count). The van der Waals surface area contributed by atoms with Gasteiger partial charge < -0.3 is 4.74 Å². The van der Waals surface area contributed by atoms with Crippen molar-refractivity contribution in [3.8, 4) is 28.0 Å². The fourth-order valence-corrected chi connectivity index (χ4v) is 4.43. The van der Waals surface area contributed by atoms with Crippen LogP contribution in [0.3, 0.4) is 0 Å². The Morgan fingerprint density at radius 2 is 1.24 bits per heavy atom. The number of halogens is 5. The van der Waals surface area contributed by atoms with Gasteiger partial charge in [0.15, 0.2) is 24.0 Å². The first kappa shape index (κ1) is 26.6. The zero-order valence-corrected chi connectivity index (χ0v) is 20.7. The number of hydrogen-bond donors (Lipinski definition) is 0. The lowest BCUT2D eigenvalue weighted by atomic mass is 9.97. The Kier molecular flexibility index (Phi) is 8.47. The summed E-state index contributed by atoms with van der Waals surface area (Å²) in [5.74, 6) is -3.35. The quantitative estimate of drug-likeness (QED) is 0.152. The molecule has 0 bridgehead atoms. The van der Waals surface area contributed by atoms with Crippen LogP contribution in [0.5, 0.6) is 5.75 Å². The van der Waals surface area contributed by atoms with Gasteiger partial charge in [0, 0.05) is 5.39 Å². The van der Waals surface area contributed by atoms with E-state index in [1.807, 2.05) is 24.3 Å². The molecule has 0 N–H and O–H groups in total. The minimum Gasteiger partial charge on any atom is -0.478 e. The summed E-state index contributed by atoms with van der Waals surface area (Å²) in [5.41, 5.74) is 5.09. The summed E-state index contributed by atoms with van der Waals surface area (Å²) in [7, 11) is 0. The fraction of sp³-hybridized carbons (Fsp3) is 0.290.